The fraction of sp³-hybridized carbons (Fsp3) is 0.750. The van der Waals surface area contributed by atoms with E-state index < -0.39 is 24.3 Å². The number of unbranched alkanes of at least 4 members (excludes halogenated alkanes) is 3. The average molecular weight is 354 g/mol. The molecule has 1 rings (SSSR count). The SMILES string of the molecule is CCCCC[C@H](O)C=C[C@@H]1[C@@H](CC=CCCCC(=O)O)[C@H](O)C[C@H]1O. The van der Waals surface area contributed by atoms with Crippen LogP contribution in [0.5, 0.6) is 0 Å². The lowest BCUT2D eigenvalue weighted by Crippen LogP contribution is -2.20. The van der Waals surface area contributed by atoms with Crippen LogP contribution < -0.4 is 0 Å². The summed E-state index contributed by atoms with van der Waals surface area (Å²) < 4.78 is 0. The summed E-state index contributed by atoms with van der Waals surface area (Å²) in [6, 6.07) is 0. The van der Waals surface area contributed by atoms with Crippen molar-refractivity contribution in [3.05, 3.63) is 24.3 Å². The molecule has 1 aliphatic rings. The van der Waals surface area contributed by atoms with Gasteiger partial charge in [-0.05, 0) is 31.6 Å². The highest BCUT2D eigenvalue weighted by Gasteiger charge is 2.39. The number of carbonyl (C=O) groups is 1. The lowest BCUT2D eigenvalue weighted by molar-refractivity contribution is -0.137. The van der Waals surface area contributed by atoms with Gasteiger partial charge in [-0.3, -0.25) is 4.79 Å². The molecule has 144 valence electrons. The van der Waals surface area contributed by atoms with Crippen LogP contribution in [0.3, 0.4) is 0 Å². The van der Waals surface area contributed by atoms with Crippen molar-refractivity contribution in [1.29, 1.82) is 0 Å². The number of carboxylic acid groups (broad SMARTS) is 1. The molecular weight excluding hydrogens is 320 g/mol. The van der Waals surface area contributed by atoms with Gasteiger partial charge in [0, 0.05) is 18.8 Å². The summed E-state index contributed by atoms with van der Waals surface area (Å²) in [5, 5.41) is 39.0. The Hall–Kier alpha value is -1.17. The number of aliphatic hydroxyl groups excluding tert-OH is 3. The van der Waals surface area contributed by atoms with Gasteiger partial charge in [0.15, 0.2) is 0 Å². The third-order valence-electron chi connectivity index (χ3n) is 4.91. The largest absolute Gasteiger partial charge is 0.481 e. The van der Waals surface area contributed by atoms with Crippen LogP contribution in [0, 0.1) is 11.8 Å². The molecule has 0 bridgehead atoms. The molecule has 4 N–H and O–H groups in total. The normalized spacial score (nSPS) is 28.2. The molecule has 25 heavy (non-hydrogen) atoms. The molecule has 0 amide bonds. The maximum Gasteiger partial charge on any atom is 0.303 e. The van der Waals surface area contributed by atoms with Crippen LogP contribution in [0.2, 0.25) is 0 Å². The van der Waals surface area contributed by atoms with E-state index >= 15 is 0 Å². The summed E-state index contributed by atoms with van der Waals surface area (Å²) in [6.07, 6.45) is 12.3. The minimum Gasteiger partial charge on any atom is -0.481 e. The monoisotopic (exact) mass is 354 g/mol. The second-order valence-electron chi connectivity index (χ2n) is 7.05. The second-order valence-corrected chi connectivity index (χ2v) is 7.05. The molecule has 5 heteroatoms. The highest BCUT2D eigenvalue weighted by molar-refractivity contribution is 5.66. The fourth-order valence-corrected chi connectivity index (χ4v) is 3.41. The smallest absolute Gasteiger partial charge is 0.303 e. The quantitative estimate of drug-likeness (QED) is 0.319. The predicted molar refractivity (Wildman–Crippen MR) is 98.1 cm³/mol. The zero-order chi connectivity index (χ0) is 18.7. The Morgan fingerprint density at radius 1 is 1.16 bits per heavy atom. The van der Waals surface area contributed by atoms with Gasteiger partial charge in [0.1, 0.15) is 0 Å². The maximum atomic E-state index is 10.5. The topological polar surface area (TPSA) is 98.0 Å². The van der Waals surface area contributed by atoms with Crippen molar-refractivity contribution in [3.8, 4) is 0 Å². The lowest BCUT2D eigenvalue weighted by Gasteiger charge is -2.19. The van der Waals surface area contributed by atoms with E-state index in [4.69, 9.17) is 5.11 Å². The lowest BCUT2D eigenvalue weighted by atomic mass is 9.89. The Morgan fingerprint density at radius 2 is 1.92 bits per heavy atom. The van der Waals surface area contributed by atoms with Gasteiger partial charge in [0.05, 0.1) is 18.3 Å². The molecule has 5 atom stereocenters. The molecule has 0 aliphatic heterocycles. The molecule has 0 aromatic carbocycles. The first-order valence-corrected chi connectivity index (χ1v) is 9.55. The molecule has 1 saturated carbocycles. The molecule has 0 spiro atoms. The molecule has 1 aliphatic carbocycles. The van der Waals surface area contributed by atoms with E-state index in [1.165, 1.54) is 0 Å². The zero-order valence-corrected chi connectivity index (χ0v) is 15.3. The Morgan fingerprint density at radius 3 is 2.60 bits per heavy atom. The molecule has 0 unspecified atom stereocenters. The van der Waals surface area contributed by atoms with Crippen molar-refractivity contribution >= 4 is 5.97 Å². The fourth-order valence-electron chi connectivity index (χ4n) is 3.41. The number of hydrogen-bond acceptors (Lipinski definition) is 4. The van der Waals surface area contributed by atoms with Gasteiger partial charge in [-0.25, -0.2) is 0 Å². The number of carboxylic acids is 1. The molecular formula is C20H34O5. The van der Waals surface area contributed by atoms with E-state index in [2.05, 4.69) is 6.92 Å². The Bertz CT molecular complexity index is 432. The van der Waals surface area contributed by atoms with Crippen molar-refractivity contribution in [3.63, 3.8) is 0 Å². The summed E-state index contributed by atoms with van der Waals surface area (Å²) in [5.41, 5.74) is 0. The molecule has 0 aromatic rings. The first kappa shape index (κ1) is 21.9. The summed E-state index contributed by atoms with van der Waals surface area (Å²) >= 11 is 0. The van der Waals surface area contributed by atoms with Gasteiger partial charge < -0.3 is 20.4 Å². The predicted octanol–water partition coefficient (Wildman–Crippen LogP) is 3.04. The Labute approximate surface area is 151 Å². The van der Waals surface area contributed by atoms with Gasteiger partial charge in [-0.15, -0.1) is 0 Å². The van der Waals surface area contributed by atoms with E-state index in [0.717, 1.165) is 25.7 Å². The van der Waals surface area contributed by atoms with Crippen LogP contribution in [0.4, 0.5) is 0 Å². The highest BCUT2D eigenvalue weighted by Crippen LogP contribution is 2.36. The van der Waals surface area contributed by atoms with E-state index in [0.29, 0.717) is 25.7 Å². The van der Waals surface area contributed by atoms with Crippen molar-refractivity contribution in [2.75, 3.05) is 0 Å². The van der Waals surface area contributed by atoms with Gasteiger partial charge in [0.25, 0.3) is 0 Å². The van der Waals surface area contributed by atoms with E-state index in [1.54, 1.807) is 6.08 Å². The summed E-state index contributed by atoms with van der Waals surface area (Å²) in [6.45, 7) is 2.12. The zero-order valence-electron chi connectivity index (χ0n) is 15.3. The van der Waals surface area contributed by atoms with Crippen molar-refractivity contribution in [1.82, 2.24) is 0 Å². The molecule has 5 nitrogen and oxygen atoms in total. The maximum absolute atomic E-state index is 10.5. The molecule has 0 saturated heterocycles. The molecule has 0 heterocycles. The highest BCUT2D eigenvalue weighted by atomic mass is 16.4. The Kier molecular flexibility index (Phi) is 10.7. The van der Waals surface area contributed by atoms with Crippen LogP contribution in [-0.2, 0) is 4.79 Å². The molecule has 0 aromatic heterocycles. The number of hydrogen-bond donors (Lipinski definition) is 4. The minimum atomic E-state index is -0.787. The number of allylic oxidation sites excluding steroid dienone is 2. The number of rotatable bonds is 12. The number of aliphatic carboxylic acids is 1. The first-order chi connectivity index (χ1) is 12.0. The molecule has 1 fully saturated rings. The minimum absolute atomic E-state index is 0.0650. The third-order valence-corrected chi connectivity index (χ3v) is 4.91. The van der Waals surface area contributed by atoms with Crippen molar-refractivity contribution < 1.29 is 25.2 Å². The third kappa shape index (κ3) is 8.66. The van der Waals surface area contributed by atoms with Crippen LogP contribution in [0.15, 0.2) is 24.3 Å². The number of aliphatic hydroxyl groups is 3. The van der Waals surface area contributed by atoms with E-state index in [-0.39, 0.29) is 18.3 Å². The standard InChI is InChI=1S/C20H34O5/c1-2-3-6-9-15(21)12-13-17-16(18(22)14-19(17)23)10-7-4-5-8-11-20(24)25/h4,7,12-13,15-19,21-23H,2-3,5-6,8-11,14H2,1H3,(H,24,25)/t15-,16+,17+,18+,19+/m0/s1. The summed E-state index contributed by atoms with van der Waals surface area (Å²) in [7, 11) is 0. The van der Waals surface area contributed by atoms with Crippen LogP contribution in [0.1, 0.15) is 64.7 Å². The molecule has 0 radical (unpaired) electrons. The summed E-state index contributed by atoms with van der Waals surface area (Å²) in [4.78, 5) is 10.5. The van der Waals surface area contributed by atoms with Gasteiger partial charge in [-0.2, -0.15) is 0 Å². The van der Waals surface area contributed by atoms with Crippen LogP contribution >= 0.6 is 0 Å². The second kappa shape index (κ2) is 12.2. The van der Waals surface area contributed by atoms with Gasteiger partial charge in [0.2, 0.25) is 0 Å². The van der Waals surface area contributed by atoms with Crippen LogP contribution in [0.25, 0.3) is 0 Å². The van der Waals surface area contributed by atoms with E-state index in [9.17, 15) is 20.1 Å². The van der Waals surface area contributed by atoms with Gasteiger partial charge >= 0.3 is 5.97 Å². The Balaban J connectivity index is 2.46. The summed E-state index contributed by atoms with van der Waals surface area (Å²) in [5.74, 6) is -1.00. The van der Waals surface area contributed by atoms with Crippen molar-refractivity contribution in [2.45, 2.75) is 83.0 Å². The average Bonchev–Trinajstić information content (AvgIpc) is 2.82. The van der Waals surface area contributed by atoms with Crippen molar-refractivity contribution in [2.24, 2.45) is 11.8 Å². The van der Waals surface area contributed by atoms with Crippen LogP contribution in [-0.4, -0.2) is 44.7 Å². The first-order valence-electron chi connectivity index (χ1n) is 9.55. The van der Waals surface area contributed by atoms with Gasteiger partial charge in [-0.1, -0.05) is 50.5 Å². The van der Waals surface area contributed by atoms with E-state index in [1.807, 2.05) is 18.2 Å².